The van der Waals surface area contributed by atoms with Crippen molar-refractivity contribution >= 4 is 29.2 Å². The molecule has 0 saturated heterocycles. The number of methoxy groups -OCH3 is 1. The molecule has 28 heavy (non-hydrogen) atoms. The molecular formula is C21H33ClN4O2. The van der Waals surface area contributed by atoms with Gasteiger partial charge in [0.15, 0.2) is 5.96 Å². The molecule has 1 aromatic rings. The van der Waals surface area contributed by atoms with Crippen molar-refractivity contribution in [1.29, 1.82) is 0 Å². The maximum Gasteiger partial charge on any atom is 0.224 e. The van der Waals surface area contributed by atoms with Gasteiger partial charge in [-0.2, -0.15) is 0 Å². The summed E-state index contributed by atoms with van der Waals surface area (Å²) in [7, 11) is 3.54. The van der Waals surface area contributed by atoms with Crippen molar-refractivity contribution in [2.75, 3.05) is 39.2 Å². The van der Waals surface area contributed by atoms with Gasteiger partial charge < -0.3 is 20.7 Å². The average molecular weight is 409 g/mol. The molecule has 0 atom stereocenters. The van der Waals surface area contributed by atoms with Crippen LogP contribution in [0.2, 0.25) is 5.02 Å². The Hall–Kier alpha value is -1.79. The first kappa shape index (κ1) is 22.5. The fourth-order valence-electron chi connectivity index (χ4n) is 3.66. The van der Waals surface area contributed by atoms with E-state index in [4.69, 9.17) is 16.3 Å². The molecule has 1 amide bonds. The van der Waals surface area contributed by atoms with Gasteiger partial charge in [-0.25, -0.2) is 0 Å². The molecular weight excluding hydrogens is 376 g/mol. The second-order valence-corrected chi connectivity index (χ2v) is 7.90. The van der Waals surface area contributed by atoms with Crippen molar-refractivity contribution in [3.8, 4) is 0 Å². The summed E-state index contributed by atoms with van der Waals surface area (Å²) in [6.07, 6.45) is 7.33. The lowest BCUT2D eigenvalue weighted by Gasteiger charge is -2.30. The lowest BCUT2D eigenvalue weighted by atomic mass is 9.83. The van der Waals surface area contributed by atoms with E-state index in [1.807, 2.05) is 0 Å². The highest BCUT2D eigenvalue weighted by Crippen LogP contribution is 2.40. The van der Waals surface area contributed by atoms with Crippen LogP contribution in [0.15, 0.2) is 29.3 Å². The number of aliphatic imine (C=N–C) groups is 1. The summed E-state index contributed by atoms with van der Waals surface area (Å²) in [5.41, 5.74) is 1.07. The van der Waals surface area contributed by atoms with E-state index in [1.165, 1.54) is 25.7 Å². The molecule has 0 unspecified atom stereocenters. The van der Waals surface area contributed by atoms with E-state index >= 15 is 0 Å². The second kappa shape index (κ2) is 11.9. The Morgan fingerprint density at radius 1 is 1.21 bits per heavy atom. The summed E-state index contributed by atoms with van der Waals surface area (Å²) in [4.78, 5) is 16.3. The number of rotatable bonds is 10. The van der Waals surface area contributed by atoms with Gasteiger partial charge in [-0.05, 0) is 55.4 Å². The molecule has 0 aromatic heterocycles. The molecule has 156 valence electrons. The van der Waals surface area contributed by atoms with E-state index in [0.29, 0.717) is 23.4 Å². The number of guanidine groups is 1. The maximum absolute atomic E-state index is 12.0. The van der Waals surface area contributed by atoms with Crippen molar-refractivity contribution in [2.45, 2.75) is 44.9 Å². The van der Waals surface area contributed by atoms with Crippen LogP contribution in [0.4, 0.5) is 5.69 Å². The van der Waals surface area contributed by atoms with E-state index < -0.39 is 0 Å². The van der Waals surface area contributed by atoms with Crippen LogP contribution in [0, 0.1) is 5.41 Å². The topological polar surface area (TPSA) is 74.8 Å². The fourth-order valence-corrected chi connectivity index (χ4v) is 3.79. The van der Waals surface area contributed by atoms with Crippen molar-refractivity contribution in [3.63, 3.8) is 0 Å². The third-order valence-corrected chi connectivity index (χ3v) is 5.61. The molecule has 0 spiro atoms. The first-order valence-electron chi connectivity index (χ1n) is 10.1. The van der Waals surface area contributed by atoms with Gasteiger partial charge in [-0.3, -0.25) is 9.79 Å². The number of anilines is 1. The predicted molar refractivity (Wildman–Crippen MR) is 116 cm³/mol. The third kappa shape index (κ3) is 7.68. The molecule has 3 N–H and O–H groups in total. The molecule has 1 aliphatic rings. The smallest absolute Gasteiger partial charge is 0.224 e. The zero-order valence-corrected chi connectivity index (χ0v) is 17.8. The van der Waals surface area contributed by atoms with Gasteiger partial charge in [0.05, 0.1) is 0 Å². The Morgan fingerprint density at radius 3 is 2.57 bits per heavy atom. The quantitative estimate of drug-likeness (QED) is 0.312. The number of hydrogen-bond acceptors (Lipinski definition) is 3. The Morgan fingerprint density at radius 2 is 1.93 bits per heavy atom. The number of benzene rings is 1. The standard InChI is InChI=1S/C21H33ClN4O2/c1-23-20(25-16-21(13-15-28-2)11-3-4-12-21)24-14-5-6-19(27)26-18-9-7-17(22)8-10-18/h7-10H,3-6,11-16H2,1-2H3,(H,26,27)(H2,23,24,25). The zero-order valence-electron chi connectivity index (χ0n) is 17.0. The Balaban J connectivity index is 1.66. The number of nitrogens with zero attached hydrogens (tertiary/aromatic N) is 1. The van der Waals surface area contributed by atoms with Crippen LogP contribution in [-0.2, 0) is 9.53 Å². The van der Waals surface area contributed by atoms with Crippen LogP contribution in [0.3, 0.4) is 0 Å². The van der Waals surface area contributed by atoms with Crippen LogP contribution in [0.1, 0.15) is 44.9 Å². The normalized spacial score (nSPS) is 16.0. The molecule has 2 rings (SSSR count). The van der Waals surface area contributed by atoms with E-state index in [0.717, 1.165) is 37.6 Å². The van der Waals surface area contributed by atoms with Gasteiger partial charge in [0.1, 0.15) is 0 Å². The fraction of sp³-hybridized carbons (Fsp3) is 0.619. The summed E-state index contributed by atoms with van der Waals surface area (Å²) >= 11 is 5.85. The van der Waals surface area contributed by atoms with Crippen molar-refractivity contribution in [1.82, 2.24) is 10.6 Å². The van der Waals surface area contributed by atoms with E-state index in [9.17, 15) is 4.79 Å². The SMILES string of the molecule is CN=C(NCCCC(=O)Nc1ccc(Cl)cc1)NCC1(CCOC)CCCC1. The number of carbonyl (C=O) groups is 1. The lowest BCUT2D eigenvalue weighted by Crippen LogP contribution is -2.43. The first-order chi connectivity index (χ1) is 13.6. The Kier molecular flexibility index (Phi) is 9.58. The number of hydrogen-bond donors (Lipinski definition) is 3. The van der Waals surface area contributed by atoms with Crippen LogP contribution in [0.5, 0.6) is 0 Å². The van der Waals surface area contributed by atoms with Gasteiger partial charge >= 0.3 is 0 Å². The number of ether oxygens (including phenoxy) is 1. The highest BCUT2D eigenvalue weighted by atomic mass is 35.5. The van der Waals surface area contributed by atoms with E-state index in [2.05, 4.69) is 20.9 Å². The third-order valence-electron chi connectivity index (χ3n) is 5.36. The predicted octanol–water partition coefficient (Wildman–Crippen LogP) is 3.82. The van der Waals surface area contributed by atoms with Gasteiger partial charge in [0.2, 0.25) is 5.91 Å². The second-order valence-electron chi connectivity index (χ2n) is 7.46. The monoisotopic (exact) mass is 408 g/mol. The molecule has 0 bridgehead atoms. The van der Waals surface area contributed by atoms with Gasteiger partial charge in [-0.15, -0.1) is 0 Å². The summed E-state index contributed by atoms with van der Waals surface area (Å²) in [6, 6.07) is 7.12. The molecule has 7 heteroatoms. The van der Waals surface area contributed by atoms with Gasteiger partial charge in [-0.1, -0.05) is 24.4 Å². The molecule has 1 saturated carbocycles. The molecule has 6 nitrogen and oxygen atoms in total. The summed E-state index contributed by atoms with van der Waals surface area (Å²) in [5, 5.41) is 10.3. The lowest BCUT2D eigenvalue weighted by molar-refractivity contribution is -0.116. The van der Waals surface area contributed by atoms with Crippen molar-refractivity contribution in [3.05, 3.63) is 29.3 Å². The van der Waals surface area contributed by atoms with E-state index in [1.54, 1.807) is 38.4 Å². The molecule has 0 radical (unpaired) electrons. The summed E-state index contributed by atoms with van der Waals surface area (Å²) < 4.78 is 5.29. The largest absolute Gasteiger partial charge is 0.385 e. The zero-order chi connectivity index (χ0) is 20.2. The van der Waals surface area contributed by atoms with Crippen molar-refractivity contribution in [2.24, 2.45) is 10.4 Å². The molecule has 0 heterocycles. The summed E-state index contributed by atoms with van der Waals surface area (Å²) in [6.45, 7) is 2.41. The molecule has 1 aliphatic carbocycles. The molecule has 1 fully saturated rings. The molecule has 0 aliphatic heterocycles. The average Bonchev–Trinajstić information content (AvgIpc) is 3.17. The minimum absolute atomic E-state index is 0.00320. The van der Waals surface area contributed by atoms with Gasteiger partial charge in [0, 0.05) is 51.0 Å². The number of halogens is 1. The van der Waals surface area contributed by atoms with Gasteiger partial charge in [0.25, 0.3) is 0 Å². The molecule has 1 aromatic carbocycles. The number of carbonyl (C=O) groups excluding carboxylic acids is 1. The highest BCUT2D eigenvalue weighted by molar-refractivity contribution is 6.30. The Bertz CT molecular complexity index is 628. The van der Waals surface area contributed by atoms with Crippen molar-refractivity contribution < 1.29 is 9.53 Å². The van der Waals surface area contributed by atoms with Crippen LogP contribution < -0.4 is 16.0 Å². The highest BCUT2D eigenvalue weighted by Gasteiger charge is 2.33. The van der Waals surface area contributed by atoms with E-state index in [-0.39, 0.29) is 5.91 Å². The Labute approximate surface area is 173 Å². The summed E-state index contributed by atoms with van der Waals surface area (Å²) in [5.74, 6) is 0.790. The first-order valence-corrected chi connectivity index (χ1v) is 10.4. The maximum atomic E-state index is 12.0. The number of nitrogens with one attached hydrogen (secondary N) is 3. The van der Waals surface area contributed by atoms with Crippen LogP contribution in [-0.4, -0.2) is 45.7 Å². The minimum Gasteiger partial charge on any atom is -0.385 e. The minimum atomic E-state index is -0.00320. The van der Waals surface area contributed by atoms with Crippen LogP contribution in [0.25, 0.3) is 0 Å². The van der Waals surface area contributed by atoms with Crippen LogP contribution >= 0.6 is 11.6 Å². The number of amides is 1.